The maximum atomic E-state index is 14.3. The highest BCUT2D eigenvalue weighted by atomic mass is 32.2. The van der Waals surface area contributed by atoms with Crippen LogP contribution >= 0.6 is 0 Å². The van der Waals surface area contributed by atoms with Gasteiger partial charge in [0.25, 0.3) is 11.8 Å². The monoisotopic (exact) mass is 663 g/mol. The number of amides is 3. The largest absolute Gasteiger partial charge is 0.497 e. The van der Waals surface area contributed by atoms with Crippen LogP contribution in [-0.2, 0) is 21.5 Å². The van der Waals surface area contributed by atoms with E-state index in [0.717, 1.165) is 57.7 Å². The predicted octanol–water partition coefficient (Wildman–Crippen LogP) is 4.51. The summed E-state index contributed by atoms with van der Waals surface area (Å²) in [5.41, 5.74) is 5.39. The molecule has 2 aromatic carbocycles. The molecular formula is C34H41N5O7S. The van der Waals surface area contributed by atoms with Crippen molar-refractivity contribution < 1.29 is 32.6 Å². The lowest BCUT2D eigenvalue weighted by Gasteiger charge is -2.24. The summed E-state index contributed by atoms with van der Waals surface area (Å²) in [4.78, 5) is 42.2. The third-order valence-electron chi connectivity index (χ3n) is 9.58. The summed E-state index contributed by atoms with van der Waals surface area (Å²) in [5.74, 6) is 0.0130. The summed E-state index contributed by atoms with van der Waals surface area (Å²) >= 11 is 0. The van der Waals surface area contributed by atoms with Crippen molar-refractivity contribution in [1.29, 1.82) is 0 Å². The number of fused-ring (bicyclic) bond motifs is 5. The first kappa shape index (κ1) is 32.6. The molecule has 2 aliphatic heterocycles. The molecule has 0 atom stereocenters. The summed E-state index contributed by atoms with van der Waals surface area (Å²) < 4.78 is 35.8. The average molecular weight is 664 g/mol. The fraction of sp³-hybridized carbons (Fsp3) is 0.441. The van der Waals surface area contributed by atoms with Gasteiger partial charge in [0.2, 0.25) is 0 Å². The van der Waals surface area contributed by atoms with Gasteiger partial charge < -0.3 is 24.2 Å². The van der Waals surface area contributed by atoms with Gasteiger partial charge in [-0.25, -0.2) is 9.52 Å². The van der Waals surface area contributed by atoms with Gasteiger partial charge in [-0.1, -0.05) is 25.3 Å². The number of rotatable bonds is 6. The Kier molecular flexibility index (Phi) is 9.03. The van der Waals surface area contributed by atoms with Gasteiger partial charge in [0.15, 0.2) is 0 Å². The van der Waals surface area contributed by atoms with E-state index in [1.807, 2.05) is 30.3 Å². The number of carboxylic acid groups (broad SMARTS) is 1. The van der Waals surface area contributed by atoms with Crippen molar-refractivity contribution in [2.24, 2.45) is 0 Å². The zero-order valence-corrected chi connectivity index (χ0v) is 27.8. The van der Waals surface area contributed by atoms with Crippen molar-refractivity contribution in [3.63, 3.8) is 0 Å². The maximum Gasteiger partial charge on any atom is 0.407 e. The Morgan fingerprint density at radius 2 is 1.66 bits per heavy atom. The number of carbonyl (C=O) groups is 3. The van der Waals surface area contributed by atoms with Crippen molar-refractivity contribution >= 4 is 45.1 Å². The predicted molar refractivity (Wildman–Crippen MR) is 179 cm³/mol. The normalized spacial score (nSPS) is 17.4. The molecule has 12 nitrogen and oxygen atoms in total. The second-order valence-corrected chi connectivity index (χ2v) is 14.6. The molecule has 1 saturated heterocycles. The third kappa shape index (κ3) is 6.33. The number of ether oxygens (including phenoxy) is 1. The Balaban J connectivity index is 1.52. The first-order valence-corrected chi connectivity index (χ1v) is 17.5. The molecule has 6 rings (SSSR count). The second kappa shape index (κ2) is 13.0. The van der Waals surface area contributed by atoms with E-state index in [9.17, 15) is 27.9 Å². The number of benzene rings is 2. The molecule has 3 amide bonds. The minimum atomic E-state index is -4.01. The van der Waals surface area contributed by atoms with E-state index < -0.39 is 22.2 Å². The van der Waals surface area contributed by atoms with Gasteiger partial charge in [-0.15, -0.1) is 0 Å². The van der Waals surface area contributed by atoms with Crippen molar-refractivity contribution in [3.05, 3.63) is 58.7 Å². The van der Waals surface area contributed by atoms with Crippen LogP contribution in [0.5, 0.6) is 5.75 Å². The van der Waals surface area contributed by atoms with Crippen LogP contribution in [0.15, 0.2) is 42.0 Å². The summed E-state index contributed by atoms with van der Waals surface area (Å²) in [7, 11) is 0.295. The highest BCUT2D eigenvalue weighted by Gasteiger charge is 2.32. The quantitative estimate of drug-likeness (QED) is 0.395. The summed E-state index contributed by atoms with van der Waals surface area (Å²) in [5, 5.41) is 10.5. The standard InChI is InChI=1S/C34H41N5O7S/c1-36(2)47(44,45)35-32(40)23-10-12-28-29(20-23)39-21-25(33(41)37-14-7-15-38(17-16-37)34(42)43)18-24-19-26(46-3)11-13-27(24)31(39)30(28)22-8-5-4-6-9-22/h10-13,18-20,22H,4-9,14-17,21H2,1-3H3,(H,35,40)(H,42,43). The molecule has 1 aliphatic carbocycles. The van der Waals surface area contributed by atoms with E-state index >= 15 is 0 Å². The first-order chi connectivity index (χ1) is 22.5. The molecule has 1 saturated carbocycles. The molecule has 1 aromatic heterocycles. The minimum Gasteiger partial charge on any atom is -0.497 e. The Labute approximate surface area is 274 Å². The molecule has 0 radical (unpaired) electrons. The van der Waals surface area contributed by atoms with E-state index in [-0.39, 0.29) is 37.0 Å². The van der Waals surface area contributed by atoms with Crippen LogP contribution in [0.2, 0.25) is 0 Å². The fourth-order valence-electron chi connectivity index (χ4n) is 7.09. The van der Waals surface area contributed by atoms with Crippen molar-refractivity contribution in [3.8, 4) is 17.0 Å². The second-order valence-electron chi connectivity index (χ2n) is 12.7. The van der Waals surface area contributed by atoms with Gasteiger partial charge in [0, 0.05) is 67.9 Å². The van der Waals surface area contributed by atoms with Gasteiger partial charge in [-0.3, -0.25) is 9.59 Å². The average Bonchev–Trinajstić information content (AvgIpc) is 3.19. The van der Waals surface area contributed by atoms with E-state index in [1.165, 1.54) is 31.0 Å². The van der Waals surface area contributed by atoms with Crippen LogP contribution in [0.1, 0.15) is 65.9 Å². The van der Waals surface area contributed by atoms with Crippen LogP contribution in [0.4, 0.5) is 4.79 Å². The smallest absolute Gasteiger partial charge is 0.407 e. The number of aromatic nitrogens is 1. The molecule has 13 heteroatoms. The Hall–Kier alpha value is -4.36. The first-order valence-electron chi connectivity index (χ1n) is 16.1. The maximum absolute atomic E-state index is 14.3. The number of hydrogen-bond donors (Lipinski definition) is 2. The summed E-state index contributed by atoms with van der Waals surface area (Å²) in [6.07, 6.45) is 6.89. The lowest BCUT2D eigenvalue weighted by Crippen LogP contribution is -2.39. The molecule has 47 heavy (non-hydrogen) atoms. The molecule has 250 valence electrons. The van der Waals surface area contributed by atoms with Crippen molar-refractivity contribution in [1.82, 2.24) is 23.4 Å². The molecule has 0 unspecified atom stereocenters. The number of nitrogens with one attached hydrogen (secondary N) is 1. The third-order valence-corrected chi connectivity index (χ3v) is 11.0. The zero-order valence-electron chi connectivity index (χ0n) is 27.0. The number of hydrogen-bond acceptors (Lipinski definition) is 6. The zero-order chi connectivity index (χ0) is 33.5. The number of carbonyl (C=O) groups excluding carboxylic acids is 2. The number of methoxy groups -OCH3 is 1. The highest BCUT2D eigenvalue weighted by molar-refractivity contribution is 7.87. The van der Waals surface area contributed by atoms with E-state index in [1.54, 1.807) is 24.1 Å². The lowest BCUT2D eigenvalue weighted by molar-refractivity contribution is -0.127. The Morgan fingerprint density at radius 1 is 0.936 bits per heavy atom. The summed E-state index contributed by atoms with van der Waals surface area (Å²) in [6.45, 7) is 1.53. The van der Waals surface area contributed by atoms with Crippen LogP contribution in [0.25, 0.3) is 28.2 Å². The fourth-order valence-corrected chi connectivity index (χ4v) is 7.63. The lowest BCUT2D eigenvalue weighted by atomic mass is 9.81. The van der Waals surface area contributed by atoms with Crippen LogP contribution < -0.4 is 9.46 Å². The molecule has 2 fully saturated rings. The molecule has 3 aliphatic rings. The topological polar surface area (TPSA) is 141 Å². The molecule has 0 spiro atoms. The SMILES string of the molecule is COc1ccc2c(c1)C=C(C(=O)N1CCCN(C(=O)O)CC1)Cn1c-2c(C2CCCCC2)c2ccc(C(=O)NS(=O)(=O)N(C)C)cc21. The Bertz CT molecular complexity index is 1870. The summed E-state index contributed by atoms with van der Waals surface area (Å²) in [6, 6.07) is 11.1. The van der Waals surface area contributed by atoms with Crippen LogP contribution in [0.3, 0.4) is 0 Å². The minimum absolute atomic E-state index is 0.175. The molecule has 2 N–H and O–H groups in total. The molecule has 3 aromatic rings. The molecule has 3 heterocycles. The van der Waals surface area contributed by atoms with Gasteiger partial charge in [0.05, 0.1) is 19.3 Å². The van der Waals surface area contributed by atoms with Crippen LogP contribution in [-0.4, -0.2) is 97.5 Å². The highest BCUT2D eigenvalue weighted by Crippen LogP contribution is 2.47. The van der Waals surface area contributed by atoms with E-state index in [4.69, 9.17) is 4.74 Å². The molecular weight excluding hydrogens is 622 g/mol. The van der Waals surface area contributed by atoms with Gasteiger partial charge >= 0.3 is 16.3 Å². The van der Waals surface area contributed by atoms with E-state index in [2.05, 4.69) is 9.29 Å². The van der Waals surface area contributed by atoms with Gasteiger partial charge in [-0.05, 0) is 72.7 Å². The van der Waals surface area contributed by atoms with Gasteiger partial charge in [0.1, 0.15) is 5.75 Å². The van der Waals surface area contributed by atoms with Crippen LogP contribution in [0, 0.1) is 0 Å². The van der Waals surface area contributed by atoms with Crippen molar-refractivity contribution in [2.45, 2.75) is 51.0 Å². The number of nitrogens with zero attached hydrogens (tertiary/aromatic N) is 4. The van der Waals surface area contributed by atoms with Gasteiger partial charge in [-0.2, -0.15) is 12.7 Å². The van der Waals surface area contributed by atoms with Crippen molar-refractivity contribution in [2.75, 3.05) is 47.4 Å². The van der Waals surface area contributed by atoms with E-state index in [0.29, 0.717) is 30.8 Å². The Morgan fingerprint density at radius 3 is 2.36 bits per heavy atom. The molecule has 0 bridgehead atoms.